The van der Waals surface area contributed by atoms with Gasteiger partial charge < -0.3 is 19.9 Å². The highest BCUT2D eigenvalue weighted by Crippen LogP contribution is 2.33. The highest BCUT2D eigenvalue weighted by atomic mass is 35.5. The van der Waals surface area contributed by atoms with Crippen LogP contribution in [-0.4, -0.2) is 29.2 Å². The minimum Gasteiger partial charge on any atom is -0.370 e. The summed E-state index contributed by atoms with van der Waals surface area (Å²) >= 11 is 6.41. The van der Waals surface area contributed by atoms with E-state index in [-0.39, 0.29) is 6.10 Å². The van der Waals surface area contributed by atoms with Gasteiger partial charge in [-0.2, -0.15) is 0 Å². The summed E-state index contributed by atoms with van der Waals surface area (Å²) in [5, 5.41) is 5.15. The van der Waals surface area contributed by atoms with E-state index in [1.54, 1.807) is 0 Å². The molecule has 6 heteroatoms. The Morgan fingerprint density at radius 3 is 2.83 bits per heavy atom. The van der Waals surface area contributed by atoms with Crippen molar-refractivity contribution in [3.63, 3.8) is 0 Å². The molecule has 0 unspecified atom stereocenters. The van der Waals surface area contributed by atoms with Crippen LogP contribution in [0.2, 0.25) is 5.02 Å². The van der Waals surface area contributed by atoms with Crippen LogP contribution in [0, 0.1) is 6.92 Å². The second-order valence-corrected chi connectivity index (χ2v) is 8.06. The molecule has 1 aliphatic heterocycles. The number of benzene rings is 2. The van der Waals surface area contributed by atoms with Crippen molar-refractivity contribution < 1.29 is 4.74 Å². The molecule has 0 radical (unpaired) electrons. The van der Waals surface area contributed by atoms with Crippen molar-refractivity contribution in [1.29, 1.82) is 0 Å². The van der Waals surface area contributed by atoms with E-state index in [0.717, 1.165) is 41.1 Å². The van der Waals surface area contributed by atoms with Crippen molar-refractivity contribution >= 4 is 39.7 Å². The topological polar surface area (TPSA) is 53.2 Å². The molecule has 5 nitrogen and oxygen atoms in total. The van der Waals surface area contributed by atoms with Crippen LogP contribution in [0.4, 0.5) is 17.2 Å². The molecule has 5 rings (SSSR count). The Morgan fingerprint density at radius 1 is 1.17 bits per heavy atom. The van der Waals surface area contributed by atoms with Crippen LogP contribution in [-0.2, 0) is 11.3 Å². The molecule has 2 aromatic heterocycles. The van der Waals surface area contributed by atoms with Gasteiger partial charge in [0.05, 0.1) is 17.7 Å². The second kappa shape index (κ2) is 8.01. The van der Waals surface area contributed by atoms with Gasteiger partial charge in [0, 0.05) is 53.3 Å². The van der Waals surface area contributed by atoms with Gasteiger partial charge in [-0.05, 0) is 36.8 Å². The fraction of sp³-hybridized carbons (Fsp3) is 0.208. The standard InChI is InChI=1S/C24H23ClN4O/c1-16-23(29-13-19(14-29)30-15-17-5-3-2-4-6-17)8-10-27-24(16)28-18-11-21(25)20-7-9-26-22(20)12-18/h2-12,19,26H,13-15H2,1H3,(H,27,28). The van der Waals surface area contributed by atoms with Gasteiger partial charge in [-0.1, -0.05) is 41.9 Å². The Hall–Kier alpha value is -3.02. The summed E-state index contributed by atoms with van der Waals surface area (Å²) in [6.45, 7) is 4.52. The Balaban J connectivity index is 1.26. The zero-order valence-corrected chi connectivity index (χ0v) is 17.5. The van der Waals surface area contributed by atoms with Crippen LogP contribution >= 0.6 is 11.6 Å². The molecule has 0 atom stereocenters. The molecule has 0 bridgehead atoms. The van der Waals surface area contributed by atoms with E-state index in [1.165, 1.54) is 11.3 Å². The molecule has 1 saturated heterocycles. The largest absolute Gasteiger partial charge is 0.370 e. The van der Waals surface area contributed by atoms with Crippen molar-refractivity contribution in [1.82, 2.24) is 9.97 Å². The normalized spacial score (nSPS) is 14.1. The molecule has 0 spiro atoms. The van der Waals surface area contributed by atoms with Gasteiger partial charge >= 0.3 is 0 Å². The average molecular weight is 419 g/mol. The molecule has 0 aliphatic carbocycles. The number of aromatic nitrogens is 2. The van der Waals surface area contributed by atoms with Gasteiger partial charge in [0.2, 0.25) is 0 Å². The van der Waals surface area contributed by atoms with Crippen molar-refractivity contribution in [2.45, 2.75) is 19.6 Å². The van der Waals surface area contributed by atoms with E-state index in [4.69, 9.17) is 16.3 Å². The maximum absolute atomic E-state index is 6.41. The number of fused-ring (bicyclic) bond motifs is 1. The predicted molar refractivity (Wildman–Crippen MR) is 123 cm³/mol. The summed E-state index contributed by atoms with van der Waals surface area (Å²) in [7, 11) is 0. The lowest BCUT2D eigenvalue weighted by atomic mass is 10.1. The first-order valence-corrected chi connectivity index (χ1v) is 10.4. The number of nitrogens with zero attached hydrogens (tertiary/aromatic N) is 2. The number of H-pyrrole nitrogens is 1. The third-order valence-corrected chi connectivity index (χ3v) is 5.89. The summed E-state index contributed by atoms with van der Waals surface area (Å²) in [5.74, 6) is 0.836. The Kier molecular flexibility index (Phi) is 5.07. The van der Waals surface area contributed by atoms with Crippen LogP contribution < -0.4 is 10.2 Å². The van der Waals surface area contributed by atoms with Gasteiger partial charge in [0.25, 0.3) is 0 Å². The van der Waals surface area contributed by atoms with E-state index in [9.17, 15) is 0 Å². The van der Waals surface area contributed by atoms with Gasteiger partial charge in [-0.25, -0.2) is 4.98 Å². The van der Waals surface area contributed by atoms with Crippen molar-refractivity contribution in [3.05, 3.63) is 83.1 Å². The highest BCUT2D eigenvalue weighted by Gasteiger charge is 2.29. The Labute approximate surface area is 180 Å². The summed E-state index contributed by atoms with van der Waals surface area (Å²) in [6, 6.07) is 18.3. The first-order valence-electron chi connectivity index (χ1n) is 10.1. The van der Waals surface area contributed by atoms with E-state index in [0.29, 0.717) is 11.6 Å². The Bertz CT molecular complexity index is 1170. The summed E-state index contributed by atoms with van der Waals surface area (Å²) in [6.07, 6.45) is 3.99. The molecule has 4 aromatic rings. The third kappa shape index (κ3) is 3.74. The zero-order chi connectivity index (χ0) is 20.5. The number of ether oxygens (including phenoxy) is 1. The van der Waals surface area contributed by atoms with E-state index in [2.05, 4.69) is 45.3 Å². The number of nitrogens with one attached hydrogen (secondary N) is 2. The minimum absolute atomic E-state index is 0.253. The molecular formula is C24H23ClN4O. The highest BCUT2D eigenvalue weighted by molar-refractivity contribution is 6.35. The molecular weight excluding hydrogens is 396 g/mol. The molecule has 30 heavy (non-hydrogen) atoms. The molecule has 0 saturated carbocycles. The minimum atomic E-state index is 0.253. The van der Waals surface area contributed by atoms with E-state index < -0.39 is 0 Å². The zero-order valence-electron chi connectivity index (χ0n) is 16.7. The molecule has 0 amide bonds. The van der Waals surface area contributed by atoms with Gasteiger partial charge in [0.1, 0.15) is 5.82 Å². The molecule has 2 N–H and O–H groups in total. The smallest absolute Gasteiger partial charge is 0.135 e. The molecule has 1 fully saturated rings. The predicted octanol–water partition coefficient (Wildman–Crippen LogP) is 5.67. The fourth-order valence-electron chi connectivity index (χ4n) is 3.85. The molecule has 2 aromatic carbocycles. The first kappa shape index (κ1) is 19.0. The van der Waals surface area contributed by atoms with Crippen LogP contribution in [0.25, 0.3) is 10.9 Å². The number of hydrogen-bond acceptors (Lipinski definition) is 4. The quantitative estimate of drug-likeness (QED) is 0.423. The number of halogens is 1. The lowest BCUT2D eigenvalue weighted by molar-refractivity contribution is 0.0224. The van der Waals surface area contributed by atoms with E-state index >= 15 is 0 Å². The maximum atomic E-state index is 6.41. The van der Waals surface area contributed by atoms with Gasteiger partial charge in [-0.3, -0.25) is 0 Å². The van der Waals surface area contributed by atoms with Crippen LogP contribution in [0.3, 0.4) is 0 Å². The third-order valence-electron chi connectivity index (χ3n) is 5.57. The second-order valence-electron chi connectivity index (χ2n) is 7.65. The lowest BCUT2D eigenvalue weighted by Gasteiger charge is -2.41. The van der Waals surface area contributed by atoms with Crippen molar-refractivity contribution in [2.24, 2.45) is 0 Å². The van der Waals surface area contributed by atoms with Crippen LogP contribution in [0.1, 0.15) is 11.1 Å². The number of hydrogen-bond donors (Lipinski definition) is 2. The van der Waals surface area contributed by atoms with Gasteiger partial charge in [-0.15, -0.1) is 0 Å². The summed E-state index contributed by atoms with van der Waals surface area (Å²) in [5.41, 5.74) is 5.41. The van der Waals surface area contributed by atoms with E-state index in [1.807, 2.05) is 48.8 Å². The molecule has 1 aliphatic rings. The summed E-state index contributed by atoms with van der Waals surface area (Å²) < 4.78 is 6.04. The monoisotopic (exact) mass is 418 g/mol. The van der Waals surface area contributed by atoms with Crippen molar-refractivity contribution in [3.8, 4) is 0 Å². The Morgan fingerprint density at radius 2 is 2.00 bits per heavy atom. The van der Waals surface area contributed by atoms with Gasteiger partial charge in [0.15, 0.2) is 0 Å². The number of rotatable bonds is 6. The maximum Gasteiger partial charge on any atom is 0.135 e. The number of anilines is 3. The van der Waals surface area contributed by atoms with Crippen molar-refractivity contribution in [2.75, 3.05) is 23.3 Å². The van der Waals surface area contributed by atoms with Crippen LogP contribution in [0.5, 0.6) is 0 Å². The molecule has 152 valence electrons. The molecule has 3 heterocycles. The summed E-state index contributed by atoms with van der Waals surface area (Å²) in [4.78, 5) is 10.1. The first-order chi connectivity index (χ1) is 14.7. The fourth-order valence-corrected chi connectivity index (χ4v) is 4.14. The SMILES string of the molecule is Cc1c(N2CC(OCc3ccccc3)C2)ccnc1Nc1cc(Cl)c2cc[nH]c2c1. The lowest BCUT2D eigenvalue weighted by Crippen LogP contribution is -2.52. The number of pyridine rings is 1. The average Bonchev–Trinajstić information content (AvgIpc) is 3.19. The number of aromatic amines is 1. The van der Waals surface area contributed by atoms with Crippen LogP contribution in [0.15, 0.2) is 67.0 Å².